The Hall–Kier alpha value is -0.0500. The zero-order valence-electron chi connectivity index (χ0n) is 11.5. The van der Waals surface area contributed by atoms with Crippen molar-refractivity contribution in [3.63, 3.8) is 0 Å². The second-order valence-corrected chi connectivity index (χ2v) is 6.58. The molecule has 1 aromatic rings. The van der Waals surface area contributed by atoms with Gasteiger partial charge in [-0.05, 0) is 49.3 Å². The number of halogens is 2. The average molecular weight is 346 g/mol. The largest absolute Gasteiger partial charge is 0.369 e. The fraction of sp³-hybridized carbons (Fsp3) is 0.625. The summed E-state index contributed by atoms with van der Waals surface area (Å²) in [5, 5.41) is 1.71. The number of benzene rings is 1. The maximum Gasteiger partial charge on any atom is 0.0783 e. The van der Waals surface area contributed by atoms with Crippen molar-refractivity contribution in [3.05, 3.63) is 34.9 Å². The topological polar surface area (TPSA) is 9.23 Å². The molecule has 0 spiro atoms. The molecule has 0 saturated heterocycles. The van der Waals surface area contributed by atoms with E-state index in [4.69, 9.17) is 16.3 Å². The number of alkyl halides is 1. The Morgan fingerprint density at radius 1 is 1.26 bits per heavy atom. The van der Waals surface area contributed by atoms with E-state index in [-0.39, 0.29) is 5.60 Å². The summed E-state index contributed by atoms with van der Waals surface area (Å²) < 4.78 is 6.25. The van der Waals surface area contributed by atoms with Crippen LogP contribution in [0.3, 0.4) is 0 Å². The summed E-state index contributed by atoms with van der Waals surface area (Å²) in [6, 6.07) is 7.94. The first-order chi connectivity index (χ1) is 9.17. The Bertz CT molecular complexity index is 382. The molecule has 106 valence electrons. The first-order valence-corrected chi connectivity index (χ1v) is 8.62. The number of hydrogen-bond acceptors (Lipinski definition) is 1. The summed E-state index contributed by atoms with van der Waals surface area (Å²) in [5.74, 6) is 0.895. The standard InChI is InChI=1S/C16H22BrClO/c1-2-13-7-9-16(12-17,10-8-13)19-11-14-3-5-15(18)6-4-14/h3-6,13H,2,7-12H2,1H3. The summed E-state index contributed by atoms with van der Waals surface area (Å²) in [7, 11) is 0. The van der Waals surface area contributed by atoms with Crippen LogP contribution in [0.4, 0.5) is 0 Å². The van der Waals surface area contributed by atoms with E-state index in [0.29, 0.717) is 6.61 Å². The summed E-state index contributed by atoms with van der Waals surface area (Å²) in [4.78, 5) is 0. The van der Waals surface area contributed by atoms with Crippen LogP contribution in [-0.2, 0) is 11.3 Å². The van der Waals surface area contributed by atoms with Crippen LogP contribution < -0.4 is 0 Å². The Morgan fingerprint density at radius 3 is 2.42 bits per heavy atom. The Kier molecular flexibility index (Phi) is 5.73. The Morgan fingerprint density at radius 2 is 1.89 bits per heavy atom. The van der Waals surface area contributed by atoms with Gasteiger partial charge in [-0.2, -0.15) is 0 Å². The molecule has 0 N–H and O–H groups in total. The van der Waals surface area contributed by atoms with Crippen LogP contribution in [0.2, 0.25) is 5.02 Å². The van der Waals surface area contributed by atoms with Gasteiger partial charge < -0.3 is 4.74 Å². The number of rotatable bonds is 5. The molecule has 0 unspecified atom stereocenters. The van der Waals surface area contributed by atoms with E-state index in [0.717, 1.165) is 16.3 Å². The highest BCUT2D eigenvalue weighted by molar-refractivity contribution is 9.09. The molecular formula is C16H22BrClO. The van der Waals surface area contributed by atoms with Crippen LogP contribution >= 0.6 is 27.5 Å². The van der Waals surface area contributed by atoms with Crippen LogP contribution in [0, 0.1) is 5.92 Å². The molecule has 1 aliphatic carbocycles. The molecule has 0 radical (unpaired) electrons. The zero-order chi connectivity index (χ0) is 13.7. The molecule has 1 saturated carbocycles. The van der Waals surface area contributed by atoms with Crippen molar-refractivity contribution in [2.75, 3.05) is 5.33 Å². The highest BCUT2D eigenvalue weighted by atomic mass is 79.9. The fourth-order valence-corrected chi connectivity index (χ4v) is 3.59. The van der Waals surface area contributed by atoms with Gasteiger partial charge in [0, 0.05) is 10.4 Å². The first-order valence-electron chi connectivity index (χ1n) is 7.12. The molecule has 1 aliphatic rings. The van der Waals surface area contributed by atoms with Gasteiger partial charge in [-0.3, -0.25) is 0 Å². The molecule has 0 bridgehead atoms. The number of hydrogen-bond donors (Lipinski definition) is 0. The smallest absolute Gasteiger partial charge is 0.0783 e. The van der Waals surface area contributed by atoms with Crippen LogP contribution in [0.15, 0.2) is 24.3 Å². The maximum absolute atomic E-state index is 6.25. The van der Waals surface area contributed by atoms with Gasteiger partial charge >= 0.3 is 0 Å². The SMILES string of the molecule is CCC1CCC(CBr)(OCc2ccc(Cl)cc2)CC1. The Labute approximate surface area is 129 Å². The van der Waals surface area contributed by atoms with Crippen LogP contribution in [0.1, 0.15) is 44.6 Å². The first kappa shape index (κ1) is 15.3. The van der Waals surface area contributed by atoms with Crippen LogP contribution in [0.25, 0.3) is 0 Å². The molecule has 1 fully saturated rings. The second-order valence-electron chi connectivity index (χ2n) is 5.58. The van der Waals surface area contributed by atoms with Crippen molar-refractivity contribution in [3.8, 4) is 0 Å². The average Bonchev–Trinajstić information content (AvgIpc) is 2.47. The lowest BCUT2D eigenvalue weighted by molar-refractivity contribution is -0.0702. The van der Waals surface area contributed by atoms with Gasteiger partial charge in [-0.25, -0.2) is 0 Å². The third kappa shape index (κ3) is 4.21. The summed E-state index contributed by atoms with van der Waals surface area (Å²) in [5.41, 5.74) is 1.23. The quantitative estimate of drug-likeness (QED) is 0.632. The zero-order valence-corrected chi connectivity index (χ0v) is 13.8. The molecule has 1 aromatic carbocycles. The monoisotopic (exact) mass is 344 g/mol. The van der Waals surface area contributed by atoms with Gasteiger partial charge in [-0.15, -0.1) is 0 Å². The normalized spacial score (nSPS) is 27.4. The third-order valence-electron chi connectivity index (χ3n) is 4.30. The maximum atomic E-state index is 6.25. The van der Waals surface area contributed by atoms with Crippen molar-refractivity contribution in [1.82, 2.24) is 0 Å². The minimum atomic E-state index is 0.0330. The van der Waals surface area contributed by atoms with E-state index < -0.39 is 0 Å². The second kappa shape index (κ2) is 7.10. The van der Waals surface area contributed by atoms with Gasteiger partial charge in [0.15, 0.2) is 0 Å². The summed E-state index contributed by atoms with van der Waals surface area (Å²) in [6.45, 7) is 2.97. The summed E-state index contributed by atoms with van der Waals surface area (Å²) in [6.07, 6.45) is 6.23. The highest BCUT2D eigenvalue weighted by Gasteiger charge is 2.34. The van der Waals surface area contributed by atoms with Gasteiger partial charge in [0.25, 0.3) is 0 Å². The van der Waals surface area contributed by atoms with E-state index in [2.05, 4.69) is 22.9 Å². The molecular weight excluding hydrogens is 324 g/mol. The van der Waals surface area contributed by atoms with E-state index in [9.17, 15) is 0 Å². The molecule has 1 nitrogen and oxygen atoms in total. The fourth-order valence-electron chi connectivity index (χ4n) is 2.75. The molecule has 0 heterocycles. The molecule has 19 heavy (non-hydrogen) atoms. The highest BCUT2D eigenvalue weighted by Crippen LogP contribution is 2.38. The van der Waals surface area contributed by atoms with E-state index in [1.807, 2.05) is 24.3 Å². The van der Waals surface area contributed by atoms with Gasteiger partial charge in [0.2, 0.25) is 0 Å². The lowest BCUT2D eigenvalue weighted by Gasteiger charge is -2.39. The van der Waals surface area contributed by atoms with E-state index >= 15 is 0 Å². The lowest BCUT2D eigenvalue weighted by atomic mass is 9.78. The molecule has 2 rings (SSSR count). The van der Waals surface area contributed by atoms with Gasteiger partial charge in [0.05, 0.1) is 12.2 Å². The third-order valence-corrected chi connectivity index (χ3v) is 5.57. The summed E-state index contributed by atoms with van der Waals surface area (Å²) >= 11 is 9.55. The molecule has 0 aromatic heterocycles. The van der Waals surface area contributed by atoms with Crippen LogP contribution in [-0.4, -0.2) is 10.9 Å². The molecule has 3 heteroatoms. The van der Waals surface area contributed by atoms with E-state index in [1.54, 1.807) is 0 Å². The van der Waals surface area contributed by atoms with Crippen LogP contribution in [0.5, 0.6) is 0 Å². The predicted octanol–water partition coefficient (Wildman–Crippen LogP) is 5.59. The van der Waals surface area contributed by atoms with Crippen molar-refractivity contribution in [2.45, 2.75) is 51.2 Å². The van der Waals surface area contributed by atoms with E-state index in [1.165, 1.54) is 37.7 Å². The molecule has 0 amide bonds. The minimum absolute atomic E-state index is 0.0330. The number of ether oxygens (including phenoxy) is 1. The van der Waals surface area contributed by atoms with Crippen molar-refractivity contribution < 1.29 is 4.74 Å². The molecule has 0 atom stereocenters. The molecule has 0 aliphatic heterocycles. The lowest BCUT2D eigenvalue weighted by Crippen LogP contribution is -2.38. The minimum Gasteiger partial charge on any atom is -0.369 e. The van der Waals surface area contributed by atoms with Crippen molar-refractivity contribution in [1.29, 1.82) is 0 Å². The van der Waals surface area contributed by atoms with Gasteiger partial charge in [-0.1, -0.05) is 53.0 Å². The van der Waals surface area contributed by atoms with Crippen molar-refractivity contribution >= 4 is 27.5 Å². The van der Waals surface area contributed by atoms with Crippen molar-refractivity contribution in [2.24, 2.45) is 5.92 Å². The Balaban J connectivity index is 1.90. The predicted molar refractivity (Wildman–Crippen MR) is 85.0 cm³/mol. The van der Waals surface area contributed by atoms with Gasteiger partial charge in [0.1, 0.15) is 0 Å².